The Labute approximate surface area is 153 Å². The summed E-state index contributed by atoms with van der Waals surface area (Å²) in [5.74, 6) is 2.76. The molecule has 4 rings (SSSR count). The molecule has 7 heteroatoms. The number of amides is 1. The van der Waals surface area contributed by atoms with E-state index in [1.807, 2.05) is 11.0 Å². The Morgan fingerprint density at radius 3 is 2.73 bits per heavy atom. The van der Waals surface area contributed by atoms with Crippen LogP contribution >= 0.6 is 0 Å². The molecule has 0 unspecified atom stereocenters. The first kappa shape index (κ1) is 17.3. The first-order valence-corrected chi connectivity index (χ1v) is 9.64. The van der Waals surface area contributed by atoms with Crippen LogP contribution in [0.15, 0.2) is 27.3 Å². The molecule has 1 saturated heterocycles. The van der Waals surface area contributed by atoms with E-state index in [0.717, 1.165) is 38.5 Å². The lowest BCUT2D eigenvalue weighted by atomic mass is 10.0. The number of piperazine rings is 1. The summed E-state index contributed by atoms with van der Waals surface area (Å²) in [5, 5.41) is 3.96. The molecule has 7 nitrogen and oxygen atoms in total. The number of furan rings is 1. The van der Waals surface area contributed by atoms with Gasteiger partial charge < -0.3 is 13.8 Å². The molecule has 0 bridgehead atoms. The van der Waals surface area contributed by atoms with E-state index >= 15 is 0 Å². The number of carbonyl (C=O) groups excluding carboxylic acids is 1. The smallest absolute Gasteiger partial charge is 0.241 e. The minimum atomic E-state index is 0.314. The van der Waals surface area contributed by atoms with E-state index in [-0.39, 0.29) is 0 Å². The van der Waals surface area contributed by atoms with Crippen LogP contribution in [0.1, 0.15) is 44.4 Å². The Kier molecular flexibility index (Phi) is 5.34. The van der Waals surface area contributed by atoms with Crippen LogP contribution in [0, 0.1) is 5.92 Å². The predicted octanol–water partition coefficient (Wildman–Crippen LogP) is 2.94. The van der Waals surface area contributed by atoms with Gasteiger partial charge in [-0.1, -0.05) is 30.8 Å². The van der Waals surface area contributed by atoms with Gasteiger partial charge in [-0.25, -0.2) is 0 Å². The second-order valence-electron chi connectivity index (χ2n) is 7.34. The normalized spacial score (nSPS) is 19.3. The Morgan fingerprint density at radius 1 is 1.19 bits per heavy atom. The summed E-state index contributed by atoms with van der Waals surface area (Å²) in [6.07, 6.45) is 8.67. The van der Waals surface area contributed by atoms with Crippen molar-refractivity contribution >= 4 is 5.91 Å². The van der Waals surface area contributed by atoms with Crippen LogP contribution in [0.5, 0.6) is 0 Å². The van der Waals surface area contributed by atoms with Crippen LogP contribution < -0.4 is 0 Å². The van der Waals surface area contributed by atoms with Gasteiger partial charge in [-0.3, -0.25) is 9.69 Å². The van der Waals surface area contributed by atoms with Crippen molar-refractivity contribution in [2.75, 3.05) is 26.2 Å². The molecule has 2 aliphatic rings. The maximum Gasteiger partial charge on any atom is 0.241 e. The summed E-state index contributed by atoms with van der Waals surface area (Å²) in [7, 11) is 0. The lowest BCUT2D eigenvalue weighted by Crippen LogP contribution is -2.48. The quantitative estimate of drug-likeness (QED) is 0.790. The number of aromatic nitrogens is 2. The van der Waals surface area contributed by atoms with Crippen LogP contribution in [0.4, 0.5) is 0 Å². The number of rotatable bonds is 6. The lowest BCUT2D eigenvalue weighted by Gasteiger charge is -2.34. The van der Waals surface area contributed by atoms with Gasteiger partial charge in [0.05, 0.1) is 12.8 Å². The van der Waals surface area contributed by atoms with Gasteiger partial charge in [-0.15, -0.1) is 0 Å². The summed E-state index contributed by atoms with van der Waals surface area (Å²) < 4.78 is 10.6. The van der Waals surface area contributed by atoms with E-state index in [9.17, 15) is 4.79 Å². The van der Waals surface area contributed by atoms with Gasteiger partial charge in [0.2, 0.25) is 17.6 Å². The molecule has 2 aromatic heterocycles. The number of hydrogen-bond acceptors (Lipinski definition) is 6. The summed E-state index contributed by atoms with van der Waals surface area (Å²) in [4.78, 5) is 21.0. The fourth-order valence-electron chi connectivity index (χ4n) is 3.96. The van der Waals surface area contributed by atoms with Gasteiger partial charge in [-0.2, -0.15) is 4.98 Å². The van der Waals surface area contributed by atoms with E-state index < -0.39 is 0 Å². The molecule has 2 fully saturated rings. The molecule has 2 aromatic rings. The van der Waals surface area contributed by atoms with E-state index in [1.54, 1.807) is 12.3 Å². The highest BCUT2D eigenvalue weighted by molar-refractivity contribution is 5.76. The molecule has 0 atom stereocenters. The first-order chi connectivity index (χ1) is 12.8. The highest BCUT2D eigenvalue weighted by Gasteiger charge is 2.24. The summed E-state index contributed by atoms with van der Waals surface area (Å²) in [6.45, 7) is 3.85. The number of carbonyl (C=O) groups is 1. The third kappa shape index (κ3) is 4.15. The molecule has 1 aliphatic carbocycles. The van der Waals surface area contributed by atoms with Gasteiger partial charge >= 0.3 is 0 Å². The average molecular weight is 358 g/mol. The molecule has 0 radical (unpaired) electrons. The molecule has 1 aliphatic heterocycles. The Balaban J connectivity index is 1.21. The van der Waals surface area contributed by atoms with Gasteiger partial charge in [0.25, 0.3) is 0 Å². The first-order valence-electron chi connectivity index (χ1n) is 9.64. The summed E-state index contributed by atoms with van der Waals surface area (Å²) in [6, 6.07) is 3.61. The Morgan fingerprint density at radius 2 is 2.00 bits per heavy atom. The van der Waals surface area contributed by atoms with Gasteiger partial charge in [0, 0.05) is 32.6 Å². The maximum atomic E-state index is 12.4. The zero-order chi connectivity index (χ0) is 17.8. The third-order valence-corrected chi connectivity index (χ3v) is 5.53. The van der Waals surface area contributed by atoms with Crippen LogP contribution in [0.2, 0.25) is 0 Å². The van der Waals surface area contributed by atoms with Crippen LogP contribution in [-0.4, -0.2) is 52.0 Å². The monoisotopic (exact) mass is 358 g/mol. The summed E-state index contributed by atoms with van der Waals surface area (Å²) in [5.41, 5.74) is 0. The fourth-order valence-corrected chi connectivity index (χ4v) is 3.96. The minimum Gasteiger partial charge on any atom is -0.461 e. The van der Waals surface area contributed by atoms with Crippen molar-refractivity contribution in [1.29, 1.82) is 0 Å². The topological polar surface area (TPSA) is 75.6 Å². The number of hydrogen-bond donors (Lipinski definition) is 0. The van der Waals surface area contributed by atoms with Gasteiger partial charge in [0.1, 0.15) is 0 Å². The fraction of sp³-hybridized carbons (Fsp3) is 0.632. The molecule has 0 spiro atoms. The van der Waals surface area contributed by atoms with Crippen molar-refractivity contribution in [2.24, 2.45) is 5.92 Å². The van der Waals surface area contributed by atoms with Crippen LogP contribution in [0.25, 0.3) is 11.6 Å². The van der Waals surface area contributed by atoms with Crippen molar-refractivity contribution < 1.29 is 13.7 Å². The molecular formula is C19H26N4O3. The van der Waals surface area contributed by atoms with E-state index in [4.69, 9.17) is 8.94 Å². The van der Waals surface area contributed by atoms with E-state index in [0.29, 0.717) is 36.3 Å². The average Bonchev–Trinajstić information content (AvgIpc) is 3.41. The lowest BCUT2D eigenvalue weighted by molar-refractivity contribution is -0.133. The molecule has 140 valence electrons. The highest BCUT2D eigenvalue weighted by Crippen LogP contribution is 2.28. The largest absolute Gasteiger partial charge is 0.461 e. The van der Waals surface area contributed by atoms with Crippen molar-refractivity contribution in [3.63, 3.8) is 0 Å². The molecule has 3 heterocycles. The Bertz CT molecular complexity index is 698. The zero-order valence-electron chi connectivity index (χ0n) is 15.1. The maximum absolute atomic E-state index is 12.4. The second kappa shape index (κ2) is 8.03. The van der Waals surface area contributed by atoms with Crippen molar-refractivity contribution in [1.82, 2.24) is 19.9 Å². The number of nitrogens with zero attached hydrogens (tertiary/aromatic N) is 4. The molecule has 1 saturated carbocycles. The summed E-state index contributed by atoms with van der Waals surface area (Å²) >= 11 is 0. The van der Waals surface area contributed by atoms with Gasteiger partial charge in [0.15, 0.2) is 5.76 Å². The van der Waals surface area contributed by atoms with Crippen LogP contribution in [0.3, 0.4) is 0 Å². The van der Waals surface area contributed by atoms with Crippen molar-refractivity contribution in [2.45, 2.75) is 45.1 Å². The van der Waals surface area contributed by atoms with Gasteiger partial charge in [-0.05, 0) is 24.5 Å². The highest BCUT2D eigenvalue weighted by atomic mass is 16.5. The predicted molar refractivity (Wildman–Crippen MR) is 95.0 cm³/mol. The molecule has 1 amide bonds. The second-order valence-corrected chi connectivity index (χ2v) is 7.34. The van der Waals surface area contributed by atoms with Crippen LogP contribution in [-0.2, 0) is 11.3 Å². The zero-order valence-corrected chi connectivity index (χ0v) is 15.1. The molecule has 26 heavy (non-hydrogen) atoms. The van der Waals surface area contributed by atoms with Crippen molar-refractivity contribution in [3.05, 3.63) is 24.3 Å². The Hall–Kier alpha value is -2.15. The van der Waals surface area contributed by atoms with E-state index in [2.05, 4.69) is 15.0 Å². The minimum absolute atomic E-state index is 0.314. The third-order valence-electron chi connectivity index (χ3n) is 5.53. The van der Waals surface area contributed by atoms with E-state index in [1.165, 1.54) is 25.7 Å². The standard InChI is InChI=1S/C19H26N4O3/c24-18(8-7-15-4-1-2-5-15)23-11-9-22(10-12-23)14-17-20-19(21-26-17)16-6-3-13-25-16/h3,6,13,15H,1-2,4-5,7-12,14H2. The van der Waals surface area contributed by atoms with Crippen molar-refractivity contribution in [3.8, 4) is 11.6 Å². The molecule has 0 aromatic carbocycles. The molecular weight excluding hydrogens is 332 g/mol. The SMILES string of the molecule is O=C(CCC1CCCC1)N1CCN(Cc2nc(-c3ccco3)no2)CC1. The molecule has 0 N–H and O–H groups in total.